The van der Waals surface area contributed by atoms with Gasteiger partial charge in [-0.1, -0.05) is 28.8 Å². The van der Waals surface area contributed by atoms with Crippen LogP contribution in [0.1, 0.15) is 52.9 Å². The summed E-state index contributed by atoms with van der Waals surface area (Å²) in [5, 5.41) is 15.2. The standard InChI is InChI=1S/C34H45BrN4O6/c1-4-38(5-2)24-15-11-22(12-16-24)37-32(42)30-34-21-26(35)29(45-34)27(28(34)33(43)39(30)19-9-7-8-10-20-40)31(41)36-23-13-17-25(18-14-23)44-6-3/h11-18,26-30,40H,4-10,19-21H2,1-3H3,(H,36,41)(H,37,42)/t26?,27-,28+,29-,30?,34?/m1/s1. The number of carbonyl (C=O) groups excluding carboxylic acids is 3. The Labute approximate surface area is 273 Å². The number of alkyl halides is 1. The van der Waals surface area contributed by atoms with Crippen LogP contribution in [0.2, 0.25) is 0 Å². The lowest BCUT2D eigenvalue weighted by atomic mass is 9.70. The van der Waals surface area contributed by atoms with Gasteiger partial charge >= 0.3 is 0 Å². The maximum atomic E-state index is 14.2. The number of rotatable bonds is 15. The minimum absolute atomic E-state index is 0.124. The summed E-state index contributed by atoms with van der Waals surface area (Å²) in [6.45, 7) is 8.90. The highest BCUT2D eigenvalue weighted by molar-refractivity contribution is 9.09. The van der Waals surface area contributed by atoms with E-state index in [9.17, 15) is 19.5 Å². The van der Waals surface area contributed by atoms with Gasteiger partial charge in [0.25, 0.3) is 0 Å². The van der Waals surface area contributed by atoms with E-state index in [0.717, 1.165) is 31.6 Å². The summed E-state index contributed by atoms with van der Waals surface area (Å²) in [7, 11) is 0. The molecule has 3 fully saturated rings. The Morgan fingerprint density at radius 2 is 1.60 bits per heavy atom. The predicted octanol–water partition coefficient (Wildman–Crippen LogP) is 4.81. The molecule has 5 rings (SSSR count). The quantitative estimate of drug-likeness (QED) is 0.182. The van der Waals surface area contributed by atoms with Crippen molar-refractivity contribution in [2.45, 2.75) is 75.4 Å². The Morgan fingerprint density at radius 1 is 0.978 bits per heavy atom. The Balaban J connectivity index is 1.40. The molecule has 11 heteroatoms. The molecule has 244 valence electrons. The van der Waals surface area contributed by atoms with E-state index in [1.807, 2.05) is 31.2 Å². The van der Waals surface area contributed by atoms with E-state index < -0.39 is 29.6 Å². The molecule has 2 aromatic carbocycles. The number of benzene rings is 2. The van der Waals surface area contributed by atoms with Gasteiger partial charge in [-0.05, 0) is 88.6 Å². The molecule has 3 N–H and O–H groups in total. The number of nitrogens with zero attached hydrogens (tertiary/aromatic N) is 2. The number of likely N-dealkylation sites (tertiary alicyclic amines) is 1. The third-order valence-electron chi connectivity index (χ3n) is 9.34. The maximum Gasteiger partial charge on any atom is 0.250 e. The summed E-state index contributed by atoms with van der Waals surface area (Å²) in [4.78, 5) is 45.9. The number of carbonyl (C=O) groups is 3. The largest absolute Gasteiger partial charge is 0.494 e. The highest BCUT2D eigenvalue weighted by Crippen LogP contribution is 2.60. The van der Waals surface area contributed by atoms with E-state index >= 15 is 0 Å². The van der Waals surface area contributed by atoms with Gasteiger partial charge in [-0.15, -0.1) is 0 Å². The molecule has 3 saturated heterocycles. The van der Waals surface area contributed by atoms with Gasteiger partial charge in [0, 0.05) is 48.1 Å². The summed E-state index contributed by atoms with van der Waals surface area (Å²) in [6.07, 6.45) is 2.92. The van der Waals surface area contributed by atoms with Gasteiger partial charge in [0.15, 0.2) is 0 Å². The second kappa shape index (κ2) is 14.5. The van der Waals surface area contributed by atoms with Crippen molar-refractivity contribution in [3.8, 4) is 5.75 Å². The molecule has 3 aliphatic rings. The second-order valence-electron chi connectivity index (χ2n) is 12.0. The number of amides is 3. The molecule has 2 aromatic rings. The molecule has 6 atom stereocenters. The molecule has 1 spiro atoms. The monoisotopic (exact) mass is 684 g/mol. The Hall–Kier alpha value is -3.15. The fraction of sp³-hybridized carbons (Fsp3) is 0.559. The Kier molecular flexibility index (Phi) is 10.7. The van der Waals surface area contributed by atoms with Gasteiger partial charge in [0.05, 0.1) is 24.5 Å². The Bertz CT molecular complexity index is 1340. The highest BCUT2D eigenvalue weighted by atomic mass is 79.9. The average molecular weight is 686 g/mol. The van der Waals surface area contributed by atoms with Crippen LogP contribution in [0.25, 0.3) is 0 Å². The number of aliphatic hydroxyl groups excluding tert-OH is 1. The number of nitrogens with one attached hydrogen (secondary N) is 2. The van der Waals surface area contributed by atoms with E-state index in [1.165, 1.54) is 0 Å². The van der Waals surface area contributed by atoms with Gasteiger partial charge in [-0.25, -0.2) is 0 Å². The van der Waals surface area contributed by atoms with Crippen LogP contribution in [0.4, 0.5) is 17.1 Å². The van der Waals surface area contributed by atoms with Gasteiger partial charge in [0.2, 0.25) is 17.7 Å². The summed E-state index contributed by atoms with van der Waals surface area (Å²) in [6, 6.07) is 14.0. The van der Waals surface area contributed by atoms with Gasteiger partial charge in [-0.2, -0.15) is 0 Å². The maximum absolute atomic E-state index is 14.2. The van der Waals surface area contributed by atoms with E-state index in [4.69, 9.17) is 9.47 Å². The number of halogens is 1. The predicted molar refractivity (Wildman–Crippen MR) is 178 cm³/mol. The molecule has 10 nitrogen and oxygen atoms in total. The first kappa shape index (κ1) is 33.2. The normalized spacial score (nSPS) is 26.6. The van der Waals surface area contributed by atoms with Crippen molar-refractivity contribution in [2.24, 2.45) is 11.8 Å². The molecule has 45 heavy (non-hydrogen) atoms. The SMILES string of the molecule is CCOc1ccc(NC(=O)[C@H]2[C@@H]3OC4(CC3Br)C(C(=O)Nc3ccc(N(CC)CC)cc3)N(CCCCCCO)C(=O)[C@H]24)cc1. The van der Waals surface area contributed by atoms with Crippen molar-refractivity contribution in [2.75, 3.05) is 48.4 Å². The lowest BCUT2D eigenvalue weighted by molar-refractivity contribution is -0.139. The van der Waals surface area contributed by atoms with Crippen LogP contribution in [0.5, 0.6) is 5.75 Å². The molecule has 0 saturated carbocycles. The van der Waals surface area contributed by atoms with Gasteiger partial charge in [0.1, 0.15) is 17.4 Å². The van der Waals surface area contributed by atoms with Crippen LogP contribution in [0, 0.1) is 11.8 Å². The van der Waals surface area contributed by atoms with E-state index in [0.29, 0.717) is 49.5 Å². The number of ether oxygens (including phenoxy) is 2. The van der Waals surface area contributed by atoms with Crippen molar-refractivity contribution in [3.05, 3.63) is 48.5 Å². The van der Waals surface area contributed by atoms with Crippen molar-refractivity contribution in [3.63, 3.8) is 0 Å². The lowest BCUT2D eigenvalue weighted by Gasteiger charge is -2.34. The number of fused-ring (bicyclic) bond motifs is 1. The second-order valence-corrected chi connectivity index (χ2v) is 13.2. The molecule has 3 unspecified atom stereocenters. The smallest absolute Gasteiger partial charge is 0.250 e. The van der Waals surface area contributed by atoms with Crippen molar-refractivity contribution in [1.29, 1.82) is 0 Å². The minimum Gasteiger partial charge on any atom is -0.494 e. The number of hydrogen-bond acceptors (Lipinski definition) is 7. The van der Waals surface area contributed by atoms with E-state index in [1.54, 1.807) is 29.2 Å². The average Bonchev–Trinajstić information content (AvgIpc) is 3.62. The lowest BCUT2D eigenvalue weighted by Crippen LogP contribution is -2.54. The molecular formula is C34H45BrN4O6. The molecule has 0 aromatic heterocycles. The molecular weight excluding hydrogens is 640 g/mol. The molecule has 0 radical (unpaired) electrons. The first-order valence-corrected chi connectivity index (χ1v) is 17.1. The highest BCUT2D eigenvalue weighted by Gasteiger charge is 2.76. The molecule has 3 heterocycles. The zero-order valence-corrected chi connectivity index (χ0v) is 27.9. The van der Waals surface area contributed by atoms with Crippen LogP contribution in [-0.2, 0) is 19.1 Å². The van der Waals surface area contributed by atoms with E-state index in [-0.39, 0.29) is 29.2 Å². The number of unbranched alkanes of at least 4 members (excludes halogenated alkanes) is 3. The molecule has 0 aliphatic carbocycles. The van der Waals surface area contributed by atoms with Crippen LogP contribution in [-0.4, -0.2) is 83.2 Å². The summed E-state index contributed by atoms with van der Waals surface area (Å²) >= 11 is 3.74. The fourth-order valence-corrected chi connectivity index (χ4v) is 8.24. The van der Waals surface area contributed by atoms with Crippen molar-refractivity contribution >= 4 is 50.7 Å². The first-order chi connectivity index (χ1) is 21.8. The van der Waals surface area contributed by atoms with E-state index in [2.05, 4.69) is 45.3 Å². The summed E-state index contributed by atoms with van der Waals surface area (Å²) in [5.74, 6) is -1.67. The molecule has 3 aliphatic heterocycles. The topological polar surface area (TPSA) is 120 Å². The molecule has 2 bridgehead atoms. The van der Waals surface area contributed by atoms with Crippen LogP contribution < -0.4 is 20.3 Å². The number of hydrogen-bond donors (Lipinski definition) is 3. The molecule has 3 amide bonds. The fourth-order valence-electron chi connectivity index (χ4n) is 7.30. The van der Waals surface area contributed by atoms with Crippen LogP contribution in [0.3, 0.4) is 0 Å². The third kappa shape index (κ3) is 6.57. The third-order valence-corrected chi connectivity index (χ3v) is 10.2. The Morgan fingerprint density at radius 3 is 2.22 bits per heavy atom. The van der Waals surface area contributed by atoms with Crippen molar-refractivity contribution in [1.82, 2.24) is 4.90 Å². The summed E-state index contributed by atoms with van der Waals surface area (Å²) in [5.41, 5.74) is 1.17. The zero-order valence-electron chi connectivity index (χ0n) is 26.3. The summed E-state index contributed by atoms with van der Waals surface area (Å²) < 4.78 is 12.1. The van der Waals surface area contributed by atoms with Crippen molar-refractivity contribution < 1.29 is 29.0 Å². The van der Waals surface area contributed by atoms with Gasteiger partial charge < -0.3 is 35.0 Å². The van der Waals surface area contributed by atoms with Crippen LogP contribution in [0.15, 0.2) is 48.5 Å². The number of aliphatic hydroxyl groups is 1. The number of anilines is 3. The van der Waals surface area contributed by atoms with Gasteiger partial charge in [-0.3, -0.25) is 14.4 Å². The zero-order chi connectivity index (χ0) is 32.1. The minimum atomic E-state index is -1.13. The first-order valence-electron chi connectivity index (χ1n) is 16.2. The van der Waals surface area contributed by atoms with Crippen LogP contribution >= 0.6 is 15.9 Å².